The quantitative estimate of drug-likeness (QED) is 0.206. The second-order valence-electron chi connectivity index (χ2n) is 16.5. The Hall–Kier alpha value is -0.750. The van der Waals surface area contributed by atoms with E-state index in [9.17, 15) is 16.8 Å². The van der Waals surface area contributed by atoms with Crippen molar-refractivity contribution in [3.63, 3.8) is 0 Å². The van der Waals surface area contributed by atoms with Gasteiger partial charge < -0.3 is 0 Å². The Morgan fingerprint density at radius 2 is 0.702 bits per heavy atom. The molecule has 0 aromatic heterocycles. The highest BCUT2D eigenvalue weighted by Gasteiger charge is 2.57. The van der Waals surface area contributed by atoms with E-state index in [1.165, 1.54) is 70.6 Å². The van der Waals surface area contributed by atoms with E-state index in [1.807, 2.05) is 0 Å². The van der Waals surface area contributed by atoms with Crippen LogP contribution in [0.4, 0.5) is 0 Å². The van der Waals surface area contributed by atoms with Crippen LogP contribution < -0.4 is 42.5 Å². The summed E-state index contributed by atoms with van der Waals surface area (Å²) in [5.74, 6) is 2.98. The fourth-order valence-electron chi connectivity index (χ4n) is 12.5. The minimum absolute atomic E-state index is 0.0349. The van der Waals surface area contributed by atoms with Gasteiger partial charge in [0.25, 0.3) is 10.0 Å². The predicted molar refractivity (Wildman–Crippen MR) is 177 cm³/mol. The Kier molecular flexibility index (Phi) is 8.75. The molecule has 47 heavy (non-hydrogen) atoms. The van der Waals surface area contributed by atoms with Crippen LogP contribution in [0, 0.1) is 47.3 Å². The lowest BCUT2D eigenvalue weighted by atomic mass is 9.76. The average molecular weight is 694 g/mol. The van der Waals surface area contributed by atoms with Gasteiger partial charge in [-0.15, -0.1) is 0 Å². The maximum Gasteiger partial charge on any atom is 0.326 e. The second kappa shape index (κ2) is 12.8. The van der Waals surface area contributed by atoms with Crippen molar-refractivity contribution in [3.8, 4) is 0 Å². The molecule has 9 aliphatic rings. The highest BCUT2D eigenvalue weighted by atomic mass is 32.3. The molecule has 17 unspecified atom stereocenters. The van der Waals surface area contributed by atoms with Crippen molar-refractivity contribution in [2.24, 2.45) is 51.1 Å². The first-order chi connectivity index (χ1) is 22.8. The summed E-state index contributed by atoms with van der Waals surface area (Å²) in [6.07, 6.45) is 17.6. The Bertz CT molecular complexity index is 1420. The van der Waals surface area contributed by atoms with Gasteiger partial charge >= 0.3 is 10.5 Å². The van der Waals surface area contributed by atoms with E-state index in [1.54, 1.807) is 0 Å². The molecule has 0 radical (unpaired) electrons. The molecule has 264 valence electrons. The molecular formula is C32H55N9O4S2. The highest BCUT2D eigenvalue weighted by Crippen LogP contribution is 2.46. The van der Waals surface area contributed by atoms with Crippen LogP contribution in [0.2, 0.25) is 0 Å². The molecular weight excluding hydrogens is 639 g/mol. The first-order valence-corrected chi connectivity index (χ1v) is 21.5. The second-order valence-corrected chi connectivity index (χ2v) is 19.2. The molecule has 5 saturated heterocycles. The van der Waals surface area contributed by atoms with Gasteiger partial charge in [0.1, 0.15) is 0 Å². The lowest BCUT2D eigenvalue weighted by Crippen LogP contribution is -2.62. The lowest BCUT2D eigenvalue weighted by Gasteiger charge is -2.38. The number of nitrogens with one attached hydrogen (secondary N) is 8. The third-order valence-electron chi connectivity index (χ3n) is 14.4. The zero-order chi connectivity index (χ0) is 31.9. The van der Waals surface area contributed by atoms with E-state index >= 15 is 0 Å². The molecule has 5 heterocycles. The van der Waals surface area contributed by atoms with E-state index in [-0.39, 0.29) is 61.2 Å². The molecule has 9 fully saturated rings. The third kappa shape index (κ3) is 5.76. The van der Waals surface area contributed by atoms with Gasteiger partial charge in [-0.05, 0) is 96.6 Å². The molecule has 8 bridgehead atoms. The highest BCUT2D eigenvalue weighted by molar-refractivity contribution is 7.94. The first-order valence-electron chi connectivity index (χ1n) is 19.0. The standard InChI is InChI=1S/C32H55N9O4S2/c42-46(43)41-47(44,45)23-15-7-14-22-24(23)32-39-30-21-13-6-5-12-20(21)28(37-30)35-26-17-9-2-1-8-16(17)25(33-26)34-27-18-10-3-4-11-19(18)29(36-27)38-31(22)40-32/h16-40H,1-15H2. The predicted octanol–water partition coefficient (Wildman–Crippen LogP) is 0.977. The van der Waals surface area contributed by atoms with Gasteiger partial charge in [-0.2, -0.15) is 8.42 Å². The molecule has 0 aromatic carbocycles. The topological polar surface area (TPSA) is 177 Å². The molecule has 4 aliphatic carbocycles. The maximum atomic E-state index is 13.5. The van der Waals surface area contributed by atoms with E-state index in [2.05, 4.69) is 46.3 Å². The fourth-order valence-corrected chi connectivity index (χ4v) is 14.8. The van der Waals surface area contributed by atoms with Crippen LogP contribution in [0.15, 0.2) is 3.77 Å². The zero-order valence-electron chi connectivity index (χ0n) is 27.3. The first kappa shape index (κ1) is 32.2. The van der Waals surface area contributed by atoms with Crippen molar-refractivity contribution in [2.45, 2.75) is 151 Å². The number of sulfonamides is 1. The van der Waals surface area contributed by atoms with Crippen LogP contribution in [0.5, 0.6) is 0 Å². The SMILES string of the molecule is O=S(=O)=NS(=O)(=O)C1CCCC2C3NC4NC(NC5NC(NC6NC(NC(N3)C21)C1CCCCC61)C1CCCCC51)C1CCCCC41. The van der Waals surface area contributed by atoms with Crippen LogP contribution in [0.1, 0.15) is 96.3 Å². The molecule has 17 atom stereocenters. The Labute approximate surface area is 281 Å². The van der Waals surface area contributed by atoms with E-state index < -0.39 is 25.8 Å². The molecule has 15 heteroatoms. The van der Waals surface area contributed by atoms with Gasteiger partial charge in [0, 0.05) is 5.92 Å². The zero-order valence-corrected chi connectivity index (χ0v) is 29.0. The van der Waals surface area contributed by atoms with Gasteiger partial charge in [-0.25, -0.2) is 8.42 Å². The summed E-state index contributed by atoms with van der Waals surface area (Å²) in [5.41, 5.74) is 0. The smallest absolute Gasteiger partial charge is 0.286 e. The number of hydrogen-bond donors (Lipinski definition) is 8. The van der Waals surface area contributed by atoms with Crippen LogP contribution in [0.25, 0.3) is 0 Å². The number of rotatable bonds is 2. The number of nitrogens with zero attached hydrogens (tertiary/aromatic N) is 1. The summed E-state index contributed by atoms with van der Waals surface area (Å²) in [6.45, 7) is 0. The van der Waals surface area contributed by atoms with Crippen LogP contribution in [-0.4, -0.2) is 71.4 Å². The summed E-state index contributed by atoms with van der Waals surface area (Å²) in [4.78, 5) is 0. The molecule has 0 aromatic rings. The maximum absolute atomic E-state index is 13.5. The van der Waals surface area contributed by atoms with Gasteiger partial charge in [0.2, 0.25) is 0 Å². The summed E-state index contributed by atoms with van der Waals surface area (Å²) >= 11 is 0. The minimum Gasteiger partial charge on any atom is -0.286 e. The normalized spacial score (nSPS) is 52.6. The van der Waals surface area contributed by atoms with Crippen LogP contribution in [-0.2, 0) is 20.5 Å². The van der Waals surface area contributed by atoms with Gasteiger partial charge in [-0.1, -0.05) is 44.9 Å². The Balaban J connectivity index is 1.08. The molecule has 0 amide bonds. The van der Waals surface area contributed by atoms with Crippen LogP contribution >= 0.6 is 0 Å². The molecule has 9 rings (SSSR count). The lowest BCUT2D eigenvalue weighted by molar-refractivity contribution is 0.168. The number of hydrogen-bond acceptors (Lipinski definition) is 12. The fraction of sp³-hybridized carbons (Fsp3) is 1.00. The largest absolute Gasteiger partial charge is 0.326 e. The molecule has 0 spiro atoms. The van der Waals surface area contributed by atoms with Crippen molar-refractivity contribution in [2.75, 3.05) is 0 Å². The third-order valence-corrected chi connectivity index (χ3v) is 17.0. The number of fused-ring (bicyclic) bond motifs is 20. The molecule has 13 nitrogen and oxygen atoms in total. The molecule has 4 saturated carbocycles. The molecule has 8 N–H and O–H groups in total. The molecule has 5 aliphatic heterocycles. The van der Waals surface area contributed by atoms with Crippen molar-refractivity contribution in [3.05, 3.63) is 0 Å². The minimum atomic E-state index is -4.20. The monoisotopic (exact) mass is 693 g/mol. The van der Waals surface area contributed by atoms with Crippen molar-refractivity contribution in [1.82, 2.24) is 42.5 Å². The van der Waals surface area contributed by atoms with Gasteiger partial charge in [0.05, 0.1) is 54.6 Å². The van der Waals surface area contributed by atoms with Crippen molar-refractivity contribution < 1.29 is 16.8 Å². The van der Waals surface area contributed by atoms with Crippen molar-refractivity contribution >= 4 is 20.5 Å². The van der Waals surface area contributed by atoms with E-state index in [0.717, 1.165) is 19.3 Å². The Morgan fingerprint density at radius 1 is 0.404 bits per heavy atom. The summed E-state index contributed by atoms with van der Waals surface area (Å²) in [6, 6.07) is 0. The van der Waals surface area contributed by atoms with E-state index in [0.29, 0.717) is 41.9 Å². The van der Waals surface area contributed by atoms with E-state index in [4.69, 9.17) is 0 Å². The summed E-state index contributed by atoms with van der Waals surface area (Å²) in [7, 11) is -7.21. The van der Waals surface area contributed by atoms with Crippen molar-refractivity contribution in [1.29, 1.82) is 0 Å². The summed E-state index contributed by atoms with van der Waals surface area (Å²) < 4.78 is 53.5. The van der Waals surface area contributed by atoms with Crippen LogP contribution in [0.3, 0.4) is 0 Å². The van der Waals surface area contributed by atoms with Gasteiger partial charge in [0.15, 0.2) is 0 Å². The summed E-state index contributed by atoms with van der Waals surface area (Å²) in [5, 5.41) is 31.4. The van der Waals surface area contributed by atoms with Gasteiger partial charge in [-0.3, -0.25) is 42.5 Å². The Morgan fingerprint density at radius 3 is 1.04 bits per heavy atom. The average Bonchev–Trinajstić information content (AvgIpc) is 3.80.